The van der Waals surface area contributed by atoms with E-state index in [-0.39, 0.29) is 16.5 Å². The number of anilines is 1. The van der Waals surface area contributed by atoms with Crippen molar-refractivity contribution >= 4 is 15.8 Å². The van der Waals surface area contributed by atoms with Crippen LogP contribution in [-0.4, -0.2) is 56.9 Å². The average Bonchev–Trinajstić information content (AvgIpc) is 2.92. The second-order valence-electron chi connectivity index (χ2n) is 5.57. The quantitative estimate of drug-likeness (QED) is 0.767. The number of nitrogens with zero attached hydrogens (tertiary/aromatic N) is 2. The Labute approximate surface area is 123 Å². The van der Waals surface area contributed by atoms with Crippen LogP contribution in [0.25, 0.3) is 0 Å². The summed E-state index contributed by atoms with van der Waals surface area (Å²) < 4.78 is 37.5. The number of rotatable bonds is 5. The second kappa shape index (κ2) is 5.56. The summed E-state index contributed by atoms with van der Waals surface area (Å²) in [5.74, 6) is 0.0915. The normalized spacial score (nSPS) is 26.3. The van der Waals surface area contributed by atoms with Crippen LogP contribution in [-0.2, 0) is 14.8 Å². The molecule has 8 nitrogen and oxygen atoms in total. The number of hydrogen-bond donors (Lipinski definition) is 2. The number of nitrogen functional groups attached to an aromatic ring is 1. The lowest BCUT2D eigenvalue weighted by Gasteiger charge is -2.31. The molecule has 0 spiro atoms. The molecule has 21 heavy (non-hydrogen) atoms. The van der Waals surface area contributed by atoms with Crippen molar-refractivity contribution in [2.45, 2.75) is 36.9 Å². The summed E-state index contributed by atoms with van der Waals surface area (Å²) in [5, 5.41) is 3.47. The van der Waals surface area contributed by atoms with E-state index in [1.807, 2.05) is 0 Å². The molecule has 3 heterocycles. The highest BCUT2D eigenvalue weighted by atomic mass is 32.2. The molecule has 118 valence electrons. The Hall–Kier alpha value is -1.16. The van der Waals surface area contributed by atoms with E-state index in [1.165, 1.54) is 6.92 Å². The maximum atomic E-state index is 12.2. The van der Waals surface area contributed by atoms with Gasteiger partial charge in [0, 0.05) is 26.2 Å². The number of sulfonamides is 1. The Balaban J connectivity index is 1.55. The van der Waals surface area contributed by atoms with Gasteiger partial charge in [-0.25, -0.2) is 13.1 Å². The minimum absolute atomic E-state index is 0.0652. The number of hydrogen-bond acceptors (Lipinski definition) is 7. The first kappa shape index (κ1) is 14.8. The van der Waals surface area contributed by atoms with Gasteiger partial charge in [0.05, 0.1) is 12.2 Å². The fourth-order valence-electron chi connectivity index (χ4n) is 3.00. The summed E-state index contributed by atoms with van der Waals surface area (Å²) in [4.78, 5) is 2.17. The summed E-state index contributed by atoms with van der Waals surface area (Å²) in [6.45, 7) is 4.24. The van der Waals surface area contributed by atoms with Gasteiger partial charge < -0.3 is 15.0 Å². The minimum Gasteiger partial charge on any atom is -0.380 e. The van der Waals surface area contributed by atoms with Gasteiger partial charge in [0.2, 0.25) is 10.0 Å². The molecular formula is C12H20N4O4S. The smallest absolute Gasteiger partial charge is 0.247 e. The third-order valence-electron chi connectivity index (χ3n) is 3.94. The Bertz CT molecular complexity index is 583. The Morgan fingerprint density at radius 1 is 1.38 bits per heavy atom. The van der Waals surface area contributed by atoms with E-state index >= 15 is 0 Å². The van der Waals surface area contributed by atoms with Gasteiger partial charge in [-0.1, -0.05) is 5.16 Å². The first-order valence-corrected chi connectivity index (χ1v) is 8.53. The maximum absolute atomic E-state index is 12.2. The summed E-state index contributed by atoms with van der Waals surface area (Å²) in [6.07, 6.45) is 2.81. The van der Waals surface area contributed by atoms with Crippen molar-refractivity contribution in [2.24, 2.45) is 0 Å². The largest absolute Gasteiger partial charge is 0.380 e. The predicted octanol–water partition coefficient (Wildman–Crippen LogP) is -0.293. The topological polar surface area (TPSA) is 111 Å². The van der Waals surface area contributed by atoms with Crippen molar-refractivity contribution in [1.29, 1.82) is 0 Å². The van der Waals surface area contributed by atoms with Crippen LogP contribution in [0.2, 0.25) is 0 Å². The monoisotopic (exact) mass is 316 g/mol. The average molecular weight is 316 g/mol. The number of fused-ring (bicyclic) bond motifs is 2. The molecule has 0 amide bonds. The van der Waals surface area contributed by atoms with E-state index in [0.29, 0.717) is 25.3 Å². The van der Waals surface area contributed by atoms with Crippen molar-refractivity contribution in [2.75, 3.05) is 31.9 Å². The number of aryl methyl sites for hydroxylation is 1. The molecule has 9 heteroatoms. The lowest BCUT2D eigenvalue weighted by atomic mass is 10.2. The van der Waals surface area contributed by atoms with Crippen LogP contribution in [0.1, 0.15) is 18.6 Å². The summed E-state index contributed by atoms with van der Waals surface area (Å²) in [7, 11) is -3.68. The summed E-state index contributed by atoms with van der Waals surface area (Å²) in [6, 6.07) is 0. The molecule has 2 aliphatic heterocycles. The number of aromatic nitrogens is 1. The highest BCUT2D eigenvalue weighted by Crippen LogP contribution is 2.26. The molecule has 0 aliphatic carbocycles. The van der Waals surface area contributed by atoms with E-state index in [0.717, 1.165) is 25.9 Å². The van der Waals surface area contributed by atoms with Crippen molar-refractivity contribution in [3.63, 3.8) is 0 Å². The third-order valence-corrected chi connectivity index (χ3v) is 5.56. The number of nitrogens with two attached hydrogens (primary N) is 1. The molecule has 2 unspecified atom stereocenters. The molecule has 1 aromatic heterocycles. The van der Waals surface area contributed by atoms with Gasteiger partial charge in [-0.05, 0) is 19.8 Å². The number of likely N-dealkylation sites (tertiary alicyclic amines) is 1. The fraction of sp³-hybridized carbons (Fsp3) is 0.750. The predicted molar refractivity (Wildman–Crippen MR) is 75.2 cm³/mol. The van der Waals surface area contributed by atoms with Gasteiger partial charge in [-0.15, -0.1) is 0 Å². The van der Waals surface area contributed by atoms with Crippen LogP contribution >= 0.6 is 0 Å². The molecule has 2 atom stereocenters. The third kappa shape index (κ3) is 3.05. The zero-order valence-electron chi connectivity index (χ0n) is 11.9. The molecule has 3 rings (SSSR count). The Kier molecular flexibility index (Phi) is 3.91. The van der Waals surface area contributed by atoms with Gasteiger partial charge in [0.1, 0.15) is 0 Å². The zero-order valence-corrected chi connectivity index (χ0v) is 12.7. The lowest BCUT2D eigenvalue weighted by Crippen LogP contribution is -2.45. The molecule has 1 aromatic rings. The van der Waals surface area contributed by atoms with Gasteiger partial charge in [-0.2, -0.15) is 0 Å². The Morgan fingerprint density at radius 3 is 2.62 bits per heavy atom. The SMILES string of the molecule is Cc1onc(N)c1S(=O)(=O)NCCN1CC2CCC(C1)O2. The van der Waals surface area contributed by atoms with Crippen LogP contribution < -0.4 is 10.5 Å². The molecule has 0 radical (unpaired) electrons. The first-order chi connectivity index (χ1) is 9.95. The van der Waals surface area contributed by atoms with Crippen LogP contribution in [0.15, 0.2) is 9.42 Å². The van der Waals surface area contributed by atoms with Gasteiger partial charge in [0.25, 0.3) is 0 Å². The van der Waals surface area contributed by atoms with Crippen molar-refractivity contribution in [1.82, 2.24) is 14.8 Å². The van der Waals surface area contributed by atoms with Gasteiger partial charge >= 0.3 is 0 Å². The van der Waals surface area contributed by atoms with Crippen LogP contribution in [0, 0.1) is 6.92 Å². The highest BCUT2D eigenvalue weighted by molar-refractivity contribution is 7.89. The van der Waals surface area contributed by atoms with Crippen LogP contribution in [0.4, 0.5) is 5.82 Å². The number of ether oxygens (including phenoxy) is 1. The lowest BCUT2D eigenvalue weighted by molar-refractivity contribution is -0.0373. The van der Waals surface area contributed by atoms with E-state index in [4.69, 9.17) is 15.0 Å². The minimum atomic E-state index is -3.68. The van der Waals surface area contributed by atoms with Gasteiger partial charge in [-0.3, -0.25) is 4.90 Å². The fourth-order valence-corrected chi connectivity index (χ4v) is 4.23. The van der Waals surface area contributed by atoms with Crippen LogP contribution in [0.3, 0.4) is 0 Å². The standard InChI is InChI=1S/C12H20N4O4S/c1-8-11(12(13)15-20-8)21(17,18)14-4-5-16-6-9-2-3-10(7-16)19-9/h9-10,14H,2-7H2,1H3,(H2,13,15). The highest BCUT2D eigenvalue weighted by Gasteiger charge is 2.33. The molecule has 0 aromatic carbocycles. The van der Waals surface area contributed by atoms with Gasteiger partial charge in [0.15, 0.2) is 16.5 Å². The second-order valence-corrected chi connectivity index (χ2v) is 7.27. The van der Waals surface area contributed by atoms with E-state index in [9.17, 15) is 8.42 Å². The van der Waals surface area contributed by atoms with Crippen molar-refractivity contribution < 1.29 is 17.7 Å². The Morgan fingerprint density at radius 2 is 2.05 bits per heavy atom. The van der Waals surface area contributed by atoms with E-state index in [2.05, 4.69) is 14.8 Å². The molecule has 3 N–H and O–H groups in total. The van der Waals surface area contributed by atoms with Crippen LogP contribution in [0.5, 0.6) is 0 Å². The summed E-state index contributed by atoms with van der Waals surface area (Å²) >= 11 is 0. The molecular weight excluding hydrogens is 296 g/mol. The van der Waals surface area contributed by atoms with E-state index < -0.39 is 10.0 Å². The number of morpholine rings is 1. The molecule has 0 saturated carbocycles. The molecule has 2 aliphatic rings. The summed E-state index contributed by atoms with van der Waals surface area (Å²) in [5.41, 5.74) is 5.54. The molecule has 2 saturated heterocycles. The first-order valence-electron chi connectivity index (χ1n) is 7.05. The molecule has 2 fully saturated rings. The van der Waals surface area contributed by atoms with Crippen molar-refractivity contribution in [3.8, 4) is 0 Å². The maximum Gasteiger partial charge on any atom is 0.247 e. The molecule has 2 bridgehead atoms. The number of nitrogens with one attached hydrogen (secondary N) is 1. The van der Waals surface area contributed by atoms with E-state index in [1.54, 1.807) is 0 Å². The van der Waals surface area contributed by atoms with Crippen molar-refractivity contribution in [3.05, 3.63) is 5.76 Å². The zero-order chi connectivity index (χ0) is 15.0.